The Morgan fingerprint density at radius 1 is 0.967 bits per heavy atom. The van der Waals surface area contributed by atoms with Gasteiger partial charge in [-0.3, -0.25) is 9.36 Å². The Labute approximate surface area is 172 Å². The van der Waals surface area contributed by atoms with Crippen LogP contribution in [0.4, 0.5) is 0 Å². The molecule has 0 unspecified atom stereocenters. The van der Waals surface area contributed by atoms with Crippen molar-refractivity contribution in [2.24, 2.45) is 0 Å². The normalized spacial score (nSPS) is 11.1. The van der Waals surface area contributed by atoms with Crippen molar-refractivity contribution in [3.05, 3.63) is 87.3 Å². The summed E-state index contributed by atoms with van der Waals surface area (Å²) in [6, 6.07) is 16.8. The van der Waals surface area contributed by atoms with Crippen LogP contribution in [-0.2, 0) is 17.8 Å². The highest BCUT2D eigenvalue weighted by Gasteiger charge is 2.19. The van der Waals surface area contributed by atoms with Crippen LogP contribution in [0.3, 0.4) is 0 Å². The highest BCUT2D eigenvalue weighted by molar-refractivity contribution is 5.72. The van der Waals surface area contributed by atoms with Gasteiger partial charge >= 0.3 is 5.69 Å². The molecule has 0 aliphatic rings. The highest BCUT2D eigenvalue weighted by atomic mass is 16.5. The van der Waals surface area contributed by atoms with E-state index in [1.807, 2.05) is 54.6 Å². The Morgan fingerprint density at radius 3 is 2.37 bits per heavy atom. The Bertz CT molecular complexity index is 1270. The van der Waals surface area contributed by atoms with Crippen LogP contribution in [0.1, 0.15) is 5.56 Å². The van der Waals surface area contributed by atoms with Crippen molar-refractivity contribution in [2.75, 3.05) is 20.8 Å². The average Bonchev–Trinajstić information content (AvgIpc) is 3.18. The third-order valence-corrected chi connectivity index (χ3v) is 4.95. The number of rotatable bonds is 7. The molecule has 30 heavy (non-hydrogen) atoms. The minimum absolute atomic E-state index is 0.157. The van der Waals surface area contributed by atoms with Gasteiger partial charge in [0.2, 0.25) is 0 Å². The molecule has 8 heteroatoms. The number of hydrogen-bond donors (Lipinski definition) is 0. The third-order valence-electron chi connectivity index (χ3n) is 4.95. The number of fused-ring (bicyclic) bond motifs is 1. The quantitative estimate of drug-likeness (QED) is 0.469. The van der Waals surface area contributed by atoms with Crippen molar-refractivity contribution >= 4 is 11.2 Å². The molecule has 0 N–H and O–H groups in total. The van der Waals surface area contributed by atoms with E-state index in [0.29, 0.717) is 23.4 Å². The van der Waals surface area contributed by atoms with E-state index >= 15 is 0 Å². The maximum Gasteiger partial charge on any atom is 0.337 e. The van der Waals surface area contributed by atoms with Gasteiger partial charge in [-0.1, -0.05) is 30.3 Å². The summed E-state index contributed by atoms with van der Waals surface area (Å²) in [7, 11) is 3.15. The molecule has 0 spiro atoms. The fourth-order valence-electron chi connectivity index (χ4n) is 3.42. The van der Waals surface area contributed by atoms with Crippen LogP contribution in [0.2, 0.25) is 0 Å². The molecule has 0 aliphatic carbocycles. The summed E-state index contributed by atoms with van der Waals surface area (Å²) in [6.07, 6.45) is 1.59. The second-order valence-corrected chi connectivity index (χ2v) is 6.80. The predicted molar refractivity (Wildman–Crippen MR) is 114 cm³/mol. The Kier molecular flexibility index (Phi) is 5.49. The van der Waals surface area contributed by atoms with Gasteiger partial charge in [-0.25, -0.2) is 14.3 Å². The first-order chi connectivity index (χ1) is 14.6. The lowest BCUT2D eigenvalue weighted by molar-refractivity contribution is 0.184. The van der Waals surface area contributed by atoms with E-state index in [9.17, 15) is 9.59 Å². The molecule has 2 aromatic heterocycles. The lowest BCUT2D eigenvalue weighted by atomic mass is 10.2. The molecule has 0 fully saturated rings. The van der Waals surface area contributed by atoms with Crippen LogP contribution in [0.5, 0.6) is 5.75 Å². The molecule has 2 heterocycles. The molecule has 0 aliphatic heterocycles. The monoisotopic (exact) mass is 406 g/mol. The standard InChI is InChI=1S/C22H22N4O4/c1-29-13-12-25-21(27)19-20(26(22(25)28)17-6-4-3-5-7-17)23-15-24(19)14-16-8-10-18(30-2)11-9-16/h3-11,15H,12-14H2,1-2H3. The van der Waals surface area contributed by atoms with E-state index in [1.165, 1.54) is 16.2 Å². The SMILES string of the molecule is COCCn1c(=O)c2c(ncn2Cc2ccc(OC)cc2)n(-c2ccccc2)c1=O. The molecule has 154 valence electrons. The number of aromatic nitrogens is 4. The maximum atomic E-state index is 13.2. The van der Waals surface area contributed by atoms with E-state index in [-0.39, 0.29) is 18.7 Å². The molecule has 8 nitrogen and oxygen atoms in total. The molecule has 2 aromatic carbocycles. The van der Waals surface area contributed by atoms with Crippen molar-refractivity contribution in [3.8, 4) is 11.4 Å². The molecule has 4 aromatic rings. The van der Waals surface area contributed by atoms with Crippen LogP contribution in [-0.4, -0.2) is 39.5 Å². The second kappa shape index (κ2) is 8.38. The lowest BCUT2D eigenvalue weighted by Gasteiger charge is -2.12. The molecule has 0 amide bonds. The number of benzene rings is 2. The van der Waals surface area contributed by atoms with Crippen molar-refractivity contribution in [3.63, 3.8) is 0 Å². The average molecular weight is 406 g/mol. The van der Waals surface area contributed by atoms with Crippen molar-refractivity contribution < 1.29 is 9.47 Å². The van der Waals surface area contributed by atoms with Crippen molar-refractivity contribution in [1.82, 2.24) is 18.7 Å². The topological polar surface area (TPSA) is 80.3 Å². The van der Waals surface area contributed by atoms with E-state index in [4.69, 9.17) is 9.47 Å². The smallest absolute Gasteiger partial charge is 0.337 e. The zero-order valence-electron chi connectivity index (χ0n) is 16.8. The Morgan fingerprint density at radius 2 is 1.70 bits per heavy atom. The number of ether oxygens (including phenoxy) is 2. The first kappa shape index (κ1) is 19.7. The van der Waals surface area contributed by atoms with Crippen molar-refractivity contribution in [2.45, 2.75) is 13.1 Å². The zero-order valence-corrected chi connectivity index (χ0v) is 16.8. The molecule has 0 atom stereocenters. The molecule has 0 saturated heterocycles. The van der Waals surface area contributed by atoms with Gasteiger partial charge in [0, 0.05) is 13.7 Å². The number of para-hydroxylation sites is 1. The minimum atomic E-state index is -0.439. The van der Waals surface area contributed by atoms with Gasteiger partial charge in [-0.05, 0) is 29.8 Å². The molecule has 0 bridgehead atoms. The van der Waals surface area contributed by atoms with Gasteiger partial charge in [0.25, 0.3) is 5.56 Å². The minimum Gasteiger partial charge on any atom is -0.497 e. The first-order valence-electron chi connectivity index (χ1n) is 9.52. The van der Waals surface area contributed by atoms with Gasteiger partial charge < -0.3 is 14.0 Å². The molecular formula is C22H22N4O4. The number of nitrogens with zero attached hydrogens (tertiary/aromatic N) is 4. The van der Waals surface area contributed by atoms with E-state index in [0.717, 1.165) is 11.3 Å². The molecular weight excluding hydrogens is 384 g/mol. The fraction of sp³-hybridized carbons (Fsp3) is 0.227. The zero-order chi connectivity index (χ0) is 21.1. The van der Waals surface area contributed by atoms with Crippen LogP contribution >= 0.6 is 0 Å². The van der Waals surface area contributed by atoms with Gasteiger partial charge in [0.15, 0.2) is 11.2 Å². The molecule has 4 rings (SSSR count). The largest absolute Gasteiger partial charge is 0.497 e. The highest BCUT2D eigenvalue weighted by Crippen LogP contribution is 2.16. The van der Waals surface area contributed by atoms with Gasteiger partial charge in [0.05, 0.1) is 32.3 Å². The summed E-state index contributed by atoms with van der Waals surface area (Å²) in [5.74, 6) is 0.758. The summed E-state index contributed by atoms with van der Waals surface area (Å²) in [4.78, 5) is 30.8. The van der Waals surface area contributed by atoms with Gasteiger partial charge in [0.1, 0.15) is 5.75 Å². The Hall–Kier alpha value is -3.65. The van der Waals surface area contributed by atoms with Crippen LogP contribution < -0.4 is 16.0 Å². The number of imidazole rings is 1. The van der Waals surface area contributed by atoms with Crippen LogP contribution in [0, 0.1) is 0 Å². The Balaban J connectivity index is 1.91. The van der Waals surface area contributed by atoms with E-state index in [2.05, 4.69) is 4.98 Å². The summed E-state index contributed by atoms with van der Waals surface area (Å²) in [5.41, 5.74) is 1.50. The van der Waals surface area contributed by atoms with Crippen LogP contribution in [0.25, 0.3) is 16.9 Å². The van der Waals surface area contributed by atoms with E-state index < -0.39 is 5.69 Å². The third kappa shape index (κ3) is 3.53. The van der Waals surface area contributed by atoms with Crippen molar-refractivity contribution in [1.29, 1.82) is 0 Å². The number of hydrogen-bond acceptors (Lipinski definition) is 5. The summed E-state index contributed by atoms with van der Waals surface area (Å²) in [6.45, 7) is 0.847. The second-order valence-electron chi connectivity index (χ2n) is 6.80. The predicted octanol–water partition coefficient (Wildman–Crippen LogP) is 2.05. The summed E-state index contributed by atoms with van der Waals surface area (Å²) in [5, 5.41) is 0. The summed E-state index contributed by atoms with van der Waals surface area (Å²) >= 11 is 0. The summed E-state index contributed by atoms with van der Waals surface area (Å²) < 4.78 is 14.7. The molecule has 0 saturated carbocycles. The van der Waals surface area contributed by atoms with E-state index in [1.54, 1.807) is 18.0 Å². The number of methoxy groups -OCH3 is 2. The van der Waals surface area contributed by atoms with Crippen LogP contribution in [0.15, 0.2) is 70.5 Å². The molecule has 0 radical (unpaired) electrons. The first-order valence-corrected chi connectivity index (χ1v) is 9.52. The maximum absolute atomic E-state index is 13.2. The van der Waals surface area contributed by atoms with Gasteiger partial charge in [-0.15, -0.1) is 0 Å². The van der Waals surface area contributed by atoms with Gasteiger partial charge in [-0.2, -0.15) is 0 Å². The fourth-order valence-corrected chi connectivity index (χ4v) is 3.42. The lowest BCUT2D eigenvalue weighted by Crippen LogP contribution is -2.41.